The van der Waals surface area contributed by atoms with Crippen molar-refractivity contribution in [2.45, 2.75) is 30.0 Å². The third-order valence-electron chi connectivity index (χ3n) is 5.02. The summed E-state index contributed by atoms with van der Waals surface area (Å²) in [5.74, 6) is -1.64. The third kappa shape index (κ3) is 5.13. The van der Waals surface area contributed by atoms with Gasteiger partial charge >= 0.3 is 0 Å². The SMILES string of the molecule is CCCC(=O)N1CCN(C(=O)[C@@H](NC(=O)c2ccco2)S(=O)(=O)c2ccccc2)CC1. The van der Waals surface area contributed by atoms with Crippen molar-refractivity contribution < 1.29 is 27.2 Å². The predicted octanol–water partition coefficient (Wildman–Crippen LogP) is 1.28. The Morgan fingerprint density at radius 1 is 1.00 bits per heavy atom. The summed E-state index contributed by atoms with van der Waals surface area (Å²) in [6.45, 7) is 2.92. The summed E-state index contributed by atoms with van der Waals surface area (Å²) in [5.41, 5.74) is 0. The van der Waals surface area contributed by atoms with Crippen molar-refractivity contribution >= 4 is 27.6 Å². The zero-order valence-electron chi connectivity index (χ0n) is 17.2. The first-order valence-corrected chi connectivity index (χ1v) is 11.6. The molecule has 1 aliphatic heterocycles. The Morgan fingerprint density at radius 2 is 1.65 bits per heavy atom. The lowest BCUT2D eigenvalue weighted by Gasteiger charge is -2.36. The van der Waals surface area contributed by atoms with Crippen molar-refractivity contribution in [1.29, 1.82) is 0 Å². The number of amides is 3. The molecule has 0 spiro atoms. The number of sulfone groups is 1. The van der Waals surface area contributed by atoms with Crippen LogP contribution >= 0.6 is 0 Å². The van der Waals surface area contributed by atoms with Crippen molar-refractivity contribution in [3.63, 3.8) is 0 Å². The molecule has 2 heterocycles. The van der Waals surface area contributed by atoms with Gasteiger partial charge in [-0.05, 0) is 30.7 Å². The number of piperazine rings is 1. The summed E-state index contributed by atoms with van der Waals surface area (Å²) < 4.78 is 31.5. The topological polar surface area (TPSA) is 117 Å². The lowest BCUT2D eigenvalue weighted by Crippen LogP contribution is -2.57. The van der Waals surface area contributed by atoms with Gasteiger partial charge in [0.25, 0.3) is 11.8 Å². The third-order valence-corrected chi connectivity index (χ3v) is 6.89. The van der Waals surface area contributed by atoms with Crippen LogP contribution in [0.2, 0.25) is 0 Å². The summed E-state index contributed by atoms with van der Waals surface area (Å²) in [4.78, 5) is 40.8. The quantitative estimate of drug-likeness (QED) is 0.683. The average Bonchev–Trinajstić information content (AvgIpc) is 3.33. The van der Waals surface area contributed by atoms with Crippen LogP contribution in [0.15, 0.2) is 58.0 Å². The van der Waals surface area contributed by atoms with E-state index < -0.39 is 27.0 Å². The molecule has 2 aromatic rings. The molecule has 0 unspecified atom stereocenters. The van der Waals surface area contributed by atoms with E-state index in [-0.39, 0.29) is 29.7 Å². The highest BCUT2D eigenvalue weighted by molar-refractivity contribution is 7.92. The van der Waals surface area contributed by atoms with E-state index in [0.29, 0.717) is 19.5 Å². The predicted molar refractivity (Wildman–Crippen MR) is 112 cm³/mol. The molecule has 0 aliphatic carbocycles. The van der Waals surface area contributed by atoms with E-state index in [0.717, 1.165) is 6.42 Å². The maximum absolute atomic E-state index is 13.2. The van der Waals surface area contributed by atoms with Crippen molar-refractivity contribution in [1.82, 2.24) is 15.1 Å². The standard InChI is InChI=1S/C21H25N3O6S/c1-2-7-18(25)23-11-13-24(14-12-23)21(27)20(22-19(26)17-10-6-15-30-17)31(28,29)16-8-4-3-5-9-16/h3-6,8-10,15,20H,2,7,11-14H2,1H3,(H,22,26)/t20-/m0/s1. The normalized spacial score (nSPS) is 15.4. The summed E-state index contributed by atoms with van der Waals surface area (Å²) in [7, 11) is -4.22. The Labute approximate surface area is 180 Å². The maximum atomic E-state index is 13.2. The number of hydrogen-bond acceptors (Lipinski definition) is 6. The Morgan fingerprint density at radius 3 is 2.23 bits per heavy atom. The van der Waals surface area contributed by atoms with Gasteiger partial charge < -0.3 is 19.5 Å². The summed E-state index contributed by atoms with van der Waals surface area (Å²) >= 11 is 0. The molecule has 1 saturated heterocycles. The van der Waals surface area contributed by atoms with Crippen molar-refractivity contribution in [3.8, 4) is 0 Å². The molecule has 166 valence electrons. The largest absolute Gasteiger partial charge is 0.459 e. The molecule has 3 amide bonds. The lowest BCUT2D eigenvalue weighted by atomic mass is 10.2. The summed E-state index contributed by atoms with van der Waals surface area (Å²) in [6, 6.07) is 10.4. The highest BCUT2D eigenvalue weighted by Crippen LogP contribution is 2.18. The van der Waals surface area contributed by atoms with E-state index in [1.165, 1.54) is 35.4 Å². The molecule has 1 aromatic heterocycles. The van der Waals surface area contributed by atoms with Gasteiger partial charge in [-0.25, -0.2) is 8.42 Å². The van der Waals surface area contributed by atoms with Crippen molar-refractivity contribution in [2.75, 3.05) is 26.2 Å². The molecular weight excluding hydrogens is 422 g/mol. The van der Waals surface area contributed by atoms with Gasteiger partial charge in [-0.2, -0.15) is 0 Å². The molecule has 9 nitrogen and oxygen atoms in total. The van der Waals surface area contributed by atoms with E-state index in [1.807, 2.05) is 6.92 Å². The van der Waals surface area contributed by atoms with E-state index in [1.54, 1.807) is 23.1 Å². The minimum atomic E-state index is -4.22. The monoisotopic (exact) mass is 447 g/mol. The van der Waals surface area contributed by atoms with Crippen LogP contribution in [-0.4, -0.2) is 67.5 Å². The van der Waals surface area contributed by atoms with Crippen LogP contribution in [0.4, 0.5) is 0 Å². The van der Waals surface area contributed by atoms with E-state index in [2.05, 4.69) is 5.32 Å². The number of benzene rings is 1. The molecule has 10 heteroatoms. The Balaban J connectivity index is 1.82. The van der Waals surface area contributed by atoms with Gasteiger partial charge in [0.1, 0.15) is 0 Å². The molecular formula is C21H25N3O6S. The van der Waals surface area contributed by atoms with Crippen LogP contribution in [0.5, 0.6) is 0 Å². The minimum absolute atomic E-state index is 0.00850. The molecule has 0 bridgehead atoms. The second kappa shape index (κ2) is 9.78. The van der Waals surface area contributed by atoms with Crippen LogP contribution in [0.3, 0.4) is 0 Å². The first-order valence-electron chi connectivity index (χ1n) is 10.0. The first-order chi connectivity index (χ1) is 14.8. The van der Waals surface area contributed by atoms with E-state index in [9.17, 15) is 22.8 Å². The second-order valence-electron chi connectivity index (χ2n) is 7.14. The number of carbonyl (C=O) groups excluding carboxylic acids is 3. The molecule has 0 saturated carbocycles. The molecule has 1 atom stereocenters. The number of nitrogens with zero attached hydrogens (tertiary/aromatic N) is 2. The van der Waals surface area contributed by atoms with Crippen LogP contribution in [0.25, 0.3) is 0 Å². The highest BCUT2D eigenvalue weighted by atomic mass is 32.2. The summed E-state index contributed by atoms with van der Waals surface area (Å²) in [6.07, 6.45) is 2.44. The summed E-state index contributed by atoms with van der Waals surface area (Å²) in [5, 5.41) is 0.503. The molecule has 1 N–H and O–H groups in total. The van der Waals surface area contributed by atoms with Gasteiger partial charge in [0.05, 0.1) is 11.2 Å². The molecule has 31 heavy (non-hydrogen) atoms. The van der Waals surface area contributed by atoms with Gasteiger partial charge in [0.15, 0.2) is 5.76 Å². The van der Waals surface area contributed by atoms with E-state index >= 15 is 0 Å². The minimum Gasteiger partial charge on any atom is -0.459 e. The Bertz CT molecular complexity index is 1010. The second-order valence-corrected chi connectivity index (χ2v) is 9.18. The Kier molecular flexibility index (Phi) is 7.11. The van der Waals surface area contributed by atoms with Crippen LogP contribution in [-0.2, 0) is 19.4 Å². The van der Waals surface area contributed by atoms with Gasteiger partial charge in [-0.3, -0.25) is 14.4 Å². The van der Waals surface area contributed by atoms with Crippen LogP contribution in [0, 0.1) is 0 Å². The van der Waals surface area contributed by atoms with Gasteiger partial charge in [0, 0.05) is 32.6 Å². The number of nitrogens with one attached hydrogen (secondary N) is 1. The number of carbonyl (C=O) groups is 3. The maximum Gasteiger partial charge on any atom is 0.288 e. The van der Waals surface area contributed by atoms with Gasteiger partial charge in [-0.15, -0.1) is 0 Å². The fraction of sp³-hybridized carbons (Fsp3) is 0.381. The molecule has 1 aliphatic rings. The van der Waals surface area contributed by atoms with Gasteiger partial charge in [-0.1, -0.05) is 25.1 Å². The fourth-order valence-corrected chi connectivity index (χ4v) is 4.82. The number of furan rings is 1. The van der Waals surface area contributed by atoms with Gasteiger partial charge in [0.2, 0.25) is 21.1 Å². The number of rotatable bonds is 7. The zero-order valence-corrected chi connectivity index (χ0v) is 18.0. The number of hydrogen-bond donors (Lipinski definition) is 1. The van der Waals surface area contributed by atoms with Crippen LogP contribution in [0.1, 0.15) is 30.3 Å². The lowest BCUT2D eigenvalue weighted by molar-refractivity contribution is -0.139. The highest BCUT2D eigenvalue weighted by Gasteiger charge is 2.39. The first kappa shape index (κ1) is 22.5. The van der Waals surface area contributed by atoms with Crippen LogP contribution < -0.4 is 5.32 Å². The molecule has 3 rings (SSSR count). The molecule has 1 fully saturated rings. The molecule has 1 aromatic carbocycles. The molecule has 0 radical (unpaired) electrons. The smallest absolute Gasteiger partial charge is 0.288 e. The zero-order chi connectivity index (χ0) is 22.4. The Hall–Kier alpha value is -3.14. The average molecular weight is 448 g/mol. The fourth-order valence-electron chi connectivity index (χ4n) is 3.33. The van der Waals surface area contributed by atoms with E-state index in [4.69, 9.17) is 4.42 Å². The van der Waals surface area contributed by atoms with Crippen molar-refractivity contribution in [2.24, 2.45) is 0 Å². The van der Waals surface area contributed by atoms with Crippen molar-refractivity contribution in [3.05, 3.63) is 54.5 Å².